The van der Waals surface area contributed by atoms with Gasteiger partial charge in [0.05, 0.1) is 0 Å². The van der Waals surface area contributed by atoms with Crippen molar-refractivity contribution >= 4 is 23.4 Å². The van der Waals surface area contributed by atoms with Gasteiger partial charge in [-0.25, -0.2) is 4.79 Å². The van der Waals surface area contributed by atoms with Crippen molar-refractivity contribution in [3.05, 3.63) is 63.8 Å². The molecule has 0 spiro atoms. The summed E-state index contributed by atoms with van der Waals surface area (Å²) >= 11 is 1.26. The van der Waals surface area contributed by atoms with Crippen LogP contribution in [0.5, 0.6) is 5.75 Å². The number of cyclic esters (lactones) is 1. The van der Waals surface area contributed by atoms with Gasteiger partial charge >= 0.3 is 5.97 Å². The standard InChI is InChI=1S/C27H35NO4S/c1-6-12-27(13-11-18-7-9-19(29)10-8-18)16-22(30)24(25(31)32-27)33-23-14-17(2)21(28)15-20(23)26(3,4)5/h7-10,14-15,29-30H,6,11-13,16,28H2,1-5H3/t27-/m0/s1. The Morgan fingerprint density at radius 3 is 2.36 bits per heavy atom. The van der Waals surface area contributed by atoms with Gasteiger partial charge in [0.25, 0.3) is 0 Å². The van der Waals surface area contributed by atoms with E-state index in [4.69, 9.17) is 10.5 Å². The SMILES string of the molecule is CCC[C@]1(CCc2ccc(O)cc2)CC(O)=C(Sc2cc(C)c(N)cc2C(C)(C)C)C(=O)O1. The molecule has 2 aromatic carbocycles. The number of phenols is 1. The van der Waals surface area contributed by atoms with E-state index in [1.807, 2.05) is 38.1 Å². The summed E-state index contributed by atoms with van der Waals surface area (Å²) in [5.41, 5.74) is 8.98. The highest BCUT2D eigenvalue weighted by molar-refractivity contribution is 8.04. The van der Waals surface area contributed by atoms with Crippen molar-refractivity contribution in [1.29, 1.82) is 0 Å². The molecule has 0 fully saturated rings. The number of ether oxygens (including phenoxy) is 1. The molecule has 1 aliphatic rings. The Hall–Kier alpha value is -2.60. The molecule has 178 valence electrons. The number of aliphatic hydroxyl groups excluding tert-OH is 1. The van der Waals surface area contributed by atoms with Crippen LogP contribution in [-0.4, -0.2) is 21.8 Å². The summed E-state index contributed by atoms with van der Waals surface area (Å²) in [7, 11) is 0. The molecule has 0 radical (unpaired) electrons. The van der Waals surface area contributed by atoms with Crippen LogP contribution in [0.2, 0.25) is 0 Å². The van der Waals surface area contributed by atoms with Gasteiger partial charge in [0.15, 0.2) is 0 Å². The largest absolute Gasteiger partial charge is 0.511 e. The second-order valence-electron chi connectivity index (χ2n) is 10.00. The van der Waals surface area contributed by atoms with Gasteiger partial charge in [-0.05, 0) is 72.6 Å². The highest BCUT2D eigenvalue weighted by Gasteiger charge is 2.41. The van der Waals surface area contributed by atoms with Gasteiger partial charge < -0.3 is 20.7 Å². The van der Waals surface area contributed by atoms with Crippen LogP contribution >= 0.6 is 11.8 Å². The number of hydrogen-bond acceptors (Lipinski definition) is 6. The van der Waals surface area contributed by atoms with Gasteiger partial charge in [-0.2, -0.15) is 0 Å². The van der Waals surface area contributed by atoms with Gasteiger partial charge in [-0.15, -0.1) is 0 Å². The van der Waals surface area contributed by atoms with E-state index in [1.165, 1.54) is 11.8 Å². The van der Waals surface area contributed by atoms with Crippen LogP contribution in [0.4, 0.5) is 5.69 Å². The molecule has 0 aliphatic carbocycles. The molecule has 0 amide bonds. The number of anilines is 1. The number of esters is 1. The van der Waals surface area contributed by atoms with Gasteiger partial charge in [-0.3, -0.25) is 0 Å². The molecule has 1 heterocycles. The minimum atomic E-state index is -0.734. The first kappa shape index (κ1) is 25.0. The molecule has 0 saturated heterocycles. The second-order valence-corrected chi connectivity index (χ2v) is 11.1. The highest BCUT2D eigenvalue weighted by atomic mass is 32.2. The zero-order chi connectivity index (χ0) is 24.4. The van der Waals surface area contributed by atoms with Crippen LogP contribution in [0.15, 0.2) is 52.0 Å². The number of aryl methyl sites for hydroxylation is 2. The Morgan fingerprint density at radius 2 is 1.79 bits per heavy atom. The summed E-state index contributed by atoms with van der Waals surface area (Å²) < 4.78 is 6.04. The fourth-order valence-electron chi connectivity index (χ4n) is 4.26. The van der Waals surface area contributed by atoms with Crippen molar-refractivity contribution in [3.63, 3.8) is 0 Å². The van der Waals surface area contributed by atoms with E-state index in [0.29, 0.717) is 31.4 Å². The first-order valence-electron chi connectivity index (χ1n) is 11.5. The van der Waals surface area contributed by atoms with E-state index < -0.39 is 11.6 Å². The summed E-state index contributed by atoms with van der Waals surface area (Å²) in [6, 6.07) is 11.0. The van der Waals surface area contributed by atoms with Crippen molar-refractivity contribution in [2.45, 2.75) is 82.6 Å². The third kappa shape index (κ3) is 5.85. The molecule has 1 atom stereocenters. The maximum Gasteiger partial charge on any atom is 0.349 e. The summed E-state index contributed by atoms with van der Waals surface area (Å²) in [6.07, 6.45) is 3.10. The molecule has 6 heteroatoms. The topological polar surface area (TPSA) is 92.8 Å². The van der Waals surface area contributed by atoms with E-state index in [0.717, 1.165) is 28.0 Å². The maximum atomic E-state index is 13.1. The molecule has 33 heavy (non-hydrogen) atoms. The van der Waals surface area contributed by atoms with Crippen LogP contribution in [0.1, 0.15) is 70.1 Å². The number of aliphatic hydroxyl groups is 1. The number of aromatic hydroxyl groups is 1. The fraction of sp³-hybridized carbons (Fsp3) is 0.444. The van der Waals surface area contributed by atoms with Crippen LogP contribution in [-0.2, 0) is 21.4 Å². The number of rotatable bonds is 7. The minimum Gasteiger partial charge on any atom is -0.511 e. The lowest BCUT2D eigenvalue weighted by Crippen LogP contribution is -2.40. The van der Waals surface area contributed by atoms with Crippen molar-refractivity contribution in [2.24, 2.45) is 0 Å². The van der Waals surface area contributed by atoms with Crippen LogP contribution in [0.3, 0.4) is 0 Å². The van der Waals surface area contributed by atoms with Gasteiger partial charge in [-0.1, -0.05) is 58.0 Å². The Kier molecular flexibility index (Phi) is 7.37. The Labute approximate surface area is 201 Å². The Morgan fingerprint density at radius 1 is 1.12 bits per heavy atom. The maximum absolute atomic E-state index is 13.1. The smallest absolute Gasteiger partial charge is 0.349 e. The zero-order valence-corrected chi connectivity index (χ0v) is 21.0. The average Bonchev–Trinajstić information content (AvgIpc) is 2.72. The van der Waals surface area contributed by atoms with E-state index in [1.54, 1.807) is 12.1 Å². The van der Waals surface area contributed by atoms with Crippen molar-refractivity contribution < 1.29 is 19.7 Å². The summed E-state index contributed by atoms with van der Waals surface area (Å²) in [4.78, 5) is 14.3. The average molecular weight is 470 g/mol. The first-order chi connectivity index (χ1) is 15.4. The lowest BCUT2D eigenvalue weighted by Gasteiger charge is -2.37. The predicted molar refractivity (Wildman–Crippen MR) is 135 cm³/mol. The minimum absolute atomic E-state index is 0.0877. The lowest BCUT2D eigenvalue weighted by molar-refractivity contribution is -0.159. The molecule has 1 aliphatic heterocycles. The van der Waals surface area contributed by atoms with Crippen LogP contribution in [0, 0.1) is 6.92 Å². The number of nitrogens with two attached hydrogens (primary N) is 1. The number of nitrogen functional groups attached to an aromatic ring is 1. The van der Waals surface area contributed by atoms with Crippen molar-refractivity contribution in [3.8, 4) is 5.75 Å². The van der Waals surface area contributed by atoms with Crippen LogP contribution < -0.4 is 5.73 Å². The summed E-state index contributed by atoms with van der Waals surface area (Å²) in [5, 5.41) is 20.5. The normalized spacial score (nSPS) is 19.0. The zero-order valence-electron chi connectivity index (χ0n) is 20.2. The number of thioether (sulfide) groups is 1. The number of hydrogen-bond donors (Lipinski definition) is 3. The number of carbonyl (C=O) groups is 1. The second kappa shape index (κ2) is 9.72. The Bertz CT molecular complexity index is 1050. The molecule has 0 bridgehead atoms. The molecule has 4 N–H and O–H groups in total. The van der Waals surface area contributed by atoms with E-state index in [-0.39, 0.29) is 21.8 Å². The van der Waals surface area contributed by atoms with Crippen molar-refractivity contribution in [1.82, 2.24) is 0 Å². The fourth-order valence-corrected chi connectivity index (χ4v) is 5.50. The number of phenolic OH excluding ortho intramolecular Hbond substituents is 1. The molecular weight excluding hydrogens is 434 g/mol. The monoisotopic (exact) mass is 469 g/mol. The highest BCUT2D eigenvalue weighted by Crippen LogP contribution is 2.44. The Balaban J connectivity index is 1.88. The number of carbonyl (C=O) groups excluding carboxylic acids is 1. The molecule has 5 nitrogen and oxygen atoms in total. The third-order valence-electron chi connectivity index (χ3n) is 6.15. The first-order valence-corrected chi connectivity index (χ1v) is 12.3. The quantitative estimate of drug-likeness (QED) is 0.314. The molecule has 3 rings (SSSR count). The molecule has 2 aromatic rings. The van der Waals surface area contributed by atoms with Gasteiger partial charge in [0.2, 0.25) is 0 Å². The molecule has 0 aromatic heterocycles. The van der Waals surface area contributed by atoms with E-state index in [9.17, 15) is 15.0 Å². The predicted octanol–water partition coefficient (Wildman–Crippen LogP) is 6.56. The molecular formula is C27H35NO4S. The molecule has 0 saturated carbocycles. The van der Waals surface area contributed by atoms with Gasteiger partial charge in [0, 0.05) is 17.0 Å². The molecule has 0 unspecified atom stereocenters. The van der Waals surface area contributed by atoms with E-state index >= 15 is 0 Å². The summed E-state index contributed by atoms with van der Waals surface area (Å²) in [6.45, 7) is 10.3. The lowest BCUT2D eigenvalue weighted by atomic mass is 9.85. The third-order valence-corrected chi connectivity index (χ3v) is 7.31. The van der Waals surface area contributed by atoms with Crippen molar-refractivity contribution in [2.75, 3.05) is 5.73 Å². The van der Waals surface area contributed by atoms with Gasteiger partial charge in [0.1, 0.15) is 22.0 Å². The number of benzene rings is 2. The van der Waals surface area contributed by atoms with E-state index in [2.05, 4.69) is 20.8 Å². The summed E-state index contributed by atoms with van der Waals surface area (Å²) in [5.74, 6) is -0.164. The van der Waals surface area contributed by atoms with Crippen LogP contribution in [0.25, 0.3) is 0 Å².